The highest BCUT2D eigenvalue weighted by Crippen LogP contribution is 2.27. The predicted molar refractivity (Wildman–Crippen MR) is 75.8 cm³/mol. The summed E-state index contributed by atoms with van der Waals surface area (Å²) in [7, 11) is 0. The lowest BCUT2D eigenvalue weighted by Crippen LogP contribution is -2.40. The first-order valence-corrected chi connectivity index (χ1v) is 6.96. The Kier molecular flexibility index (Phi) is 3.66. The first kappa shape index (κ1) is 14.3. The number of halogens is 1. The van der Waals surface area contributed by atoms with Crippen molar-refractivity contribution in [3.63, 3.8) is 0 Å². The average Bonchev–Trinajstić information content (AvgIpc) is 3.16. The second kappa shape index (κ2) is 5.63. The fourth-order valence-electron chi connectivity index (χ4n) is 2.67. The van der Waals surface area contributed by atoms with E-state index in [9.17, 15) is 14.0 Å². The molecule has 1 saturated heterocycles. The molecule has 0 saturated carbocycles. The topological polar surface area (TPSA) is 70.8 Å². The first-order chi connectivity index (χ1) is 10.6. The number of rotatable bonds is 3. The molecule has 1 N–H and O–H groups in total. The van der Waals surface area contributed by atoms with Crippen molar-refractivity contribution in [3.8, 4) is 11.3 Å². The van der Waals surface area contributed by atoms with E-state index in [-0.39, 0.29) is 17.1 Å². The van der Waals surface area contributed by atoms with E-state index < -0.39 is 23.7 Å². The second-order valence-corrected chi connectivity index (χ2v) is 5.14. The smallest absolute Gasteiger partial charge is 0.326 e. The molecule has 2 heterocycles. The van der Waals surface area contributed by atoms with Crippen LogP contribution in [0.2, 0.25) is 0 Å². The maximum Gasteiger partial charge on any atom is 0.326 e. The Bertz CT molecular complexity index is 724. The maximum atomic E-state index is 13.7. The van der Waals surface area contributed by atoms with Crippen LogP contribution < -0.4 is 0 Å². The highest BCUT2D eigenvalue weighted by atomic mass is 19.1. The molecule has 114 valence electrons. The highest BCUT2D eigenvalue weighted by Gasteiger charge is 2.35. The Morgan fingerprint density at radius 3 is 2.73 bits per heavy atom. The predicted octanol–water partition coefficient (Wildman–Crippen LogP) is 2.77. The van der Waals surface area contributed by atoms with Crippen LogP contribution in [0.3, 0.4) is 0 Å². The Morgan fingerprint density at radius 1 is 1.23 bits per heavy atom. The summed E-state index contributed by atoms with van der Waals surface area (Å²) in [4.78, 5) is 24.8. The summed E-state index contributed by atoms with van der Waals surface area (Å²) in [5.74, 6) is -1.68. The van der Waals surface area contributed by atoms with Gasteiger partial charge in [-0.2, -0.15) is 0 Å². The number of carbonyl (C=O) groups excluding carboxylic acids is 1. The lowest BCUT2D eigenvalue weighted by atomic mass is 10.1. The minimum absolute atomic E-state index is 0.0198. The van der Waals surface area contributed by atoms with Crippen molar-refractivity contribution in [2.75, 3.05) is 6.54 Å². The summed E-state index contributed by atoms with van der Waals surface area (Å²) in [6.07, 6.45) is 1.07. The molecule has 5 nitrogen and oxygen atoms in total. The number of aliphatic carboxylic acids is 1. The van der Waals surface area contributed by atoms with E-state index in [0.29, 0.717) is 19.4 Å². The number of benzene rings is 1. The Hall–Kier alpha value is -2.63. The van der Waals surface area contributed by atoms with Crippen LogP contribution in [0.5, 0.6) is 0 Å². The van der Waals surface area contributed by atoms with Gasteiger partial charge >= 0.3 is 5.97 Å². The molecule has 1 aromatic carbocycles. The summed E-state index contributed by atoms with van der Waals surface area (Å²) in [5.41, 5.74) is 0.262. The third-order valence-corrected chi connectivity index (χ3v) is 3.75. The van der Waals surface area contributed by atoms with E-state index in [0.717, 1.165) is 0 Å². The number of carboxylic acid groups (broad SMARTS) is 1. The Labute approximate surface area is 126 Å². The fourth-order valence-corrected chi connectivity index (χ4v) is 2.67. The molecular formula is C16H14FNO4. The van der Waals surface area contributed by atoms with Gasteiger partial charge in [-0.25, -0.2) is 9.18 Å². The highest BCUT2D eigenvalue weighted by molar-refractivity contribution is 5.95. The quantitative estimate of drug-likeness (QED) is 0.946. The number of amides is 1. The van der Waals surface area contributed by atoms with Gasteiger partial charge in [0.1, 0.15) is 17.6 Å². The third kappa shape index (κ3) is 2.47. The van der Waals surface area contributed by atoms with E-state index in [1.165, 1.54) is 23.1 Å². The molecule has 1 aliphatic rings. The van der Waals surface area contributed by atoms with Gasteiger partial charge in [-0.3, -0.25) is 4.79 Å². The largest absolute Gasteiger partial charge is 0.480 e. The molecule has 1 fully saturated rings. The van der Waals surface area contributed by atoms with Crippen LogP contribution in [-0.2, 0) is 4.79 Å². The molecule has 0 unspecified atom stereocenters. The molecule has 2 aromatic rings. The number of carbonyl (C=O) groups is 2. The molecule has 1 atom stereocenters. The van der Waals surface area contributed by atoms with E-state index in [1.807, 2.05) is 0 Å². The monoisotopic (exact) mass is 303 g/mol. The van der Waals surface area contributed by atoms with Crippen molar-refractivity contribution >= 4 is 11.9 Å². The van der Waals surface area contributed by atoms with Gasteiger partial charge in [-0.05, 0) is 37.1 Å². The van der Waals surface area contributed by atoms with Gasteiger partial charge in [0.25, 0.3) is 5.91 Å². The van der Waals surface area contributed by atoms with Crippen LogP contribution in [0.4, 0.5) is 4.39 Å². The summed E-state index contributed by atoms with van der Waals surface area (Å²) >= 11 is 0. The minimum atomic E-state index is -1.02. The van der Waals surface area contributed by atoms with Crippen molar-refractivity contribution in [1.82, 2.24) is 4.90 Å². The summed E-state index contributed by atoms with van der Waals surface area (Å²) in [6, 6.07) is 8.23. The van der Waals surface area contributed by atoms with E-state index in [1.54, 1.807) is 18.2 Å². The number of furan rings is 1. The van der Waals surface area contributed by atoms with E-state index in [4.69, 9.17) is 9.52 Å². The zero-order valence-electron chi connectivity index (χ0n) is 11.7. The molecule has 0 radical (unpaired) electrons. The van der Waals surface area contributed by atoms with Gasteiger partial charge in [0.15, 0.2) is 5.76 Å². The molecule has 22 heavy (non-hydrogen) atoms. The van der Waals surface area contributed by atoms with Crippen molar-refractivity contribution in [3.05, 3.63) is 48.0 Å². The van der Waals surface area contributed by atoms with Crippen LogP contribution in [0.25, 0.3) is 11.3 Å². The molecule has 1 aromatic heterocycles. The first-order valence-electron chi connectivity index (χ1n) is 6.96. The summed E-state index contributed by atoms with van der Waals surface area (Å²) < 4.78 is 19.2. The Morgan fingerprint density at radius 2 is 2.00 bits per heavy atom. The van der Waals surface area contributed by atoms with Gasteiger partial charge < -0.3 is 14.4 Å². The van der Waals surface area contributed by atoms with Crippen LogP contribution in [0, 0.1) is 5.82 Å². The van der Waals surface area contributed by atoms with Crippen molar-refractivity contribution in [1.29, 1.82) is 0 Å². The van der Waals surface area contributed by atoms with Gasteiger partial charge in [0.2, 0.25) is 0 Å². The normalized spacial score (nSPS) is 17.7. The van der Waals surface area contributed by atoms with Gasteiger partial charge in [0.05, 0.1) is 5.56 Å². The van der Waals surface area contributed by atoms with Gasteiger partial charge in [0, 0.05) is 6.54 Å². The van der Waals surface area contributed by atoms with Crippen molar-refractivity contribution in [2.45, 2.75) is 18.9 Å². The van der Waals surface area contributed by atoms with Crippen molar-refractivity contribution in [2.24, 2.45) is 0 Å². The maximum absolute atomic E-state index is 13.7. The lowest BCUT2D eigenvalue weighted by Gasteiger charge is -2.19. The van der Waals surface area contributed by atoms with Gasteiger partial charge in [-0.1, -0.05) is 12.1 Å². The van der Waals surface area contributed by atoms with Crippen LogP contribution >= 0.6 is 0 Å². The lowest BCUT2D eigenvalue weighted by molar-refractivity contribution is -0.141. The molecular weight excluding hydrogens is 289 g/mol. The summed E-state index contributed by atoms with van der Waals surface area (Å²) in [6.45, 7) is 0.380. The van der Waals surface area contributed by atoms with Gasteiger partial charge in [-0.15, -0.1) is 0 Å². The molecule has 0 aliphatic carbocycles. The average molecular weight is 303 g/mol. The molecule has 1 aliphatic heterocycles. The minimum Gasteiger partial charge on any atom is -0.480 e. The third-order valence-electron chi connectivity index (χ3n) is 3.75. The number of hydrogen-bond acceptors (Lipinski definition) is 3. The molecule has 6 heteroatoms. The Balaban J connectivity index is 1.86. The number of nitrogens with zero attached hydrogens (tertiary/aromatic N) is 1. The van der Waals surface area contributed by atoms with E-state index in [2.05, 4.69) is 0 Å². The number of hydrogen-bond donors (Lipinski definition) is 1. The van der Waals surface area contributed by atoms with Crippen LogP contribution in [-0.4, -0.2) is 34.5 Å². The van der Waals surface area contributed by atoms with Crippen LogP contribution in [0.15, 0.2) is 40.8 Å². The zero-order valence-corrected chi connectivity index (χ0v) is 11.7. The number of likely N-dealkylation sites (tertiary alicyclic amines) is 1. The van der Waals surface area contributed by atoms with Crippen LogP contribution in [0.1, 0.15) is 23.4 Å². The zero-order chi connectivity index (χ0) is 15.7. The molecule has 0 bridgehead atoms. The SMILES string of the molecule is O=C(O)[C@@H]1CCCN1C(=O)c1ccc(-c2ccccc2F)o1. The van der Waals surface area contributed by atoms with Crippen molar-refractivity contribution < 1.29 is 23.5 Å². The standard InChI is InChI=1S/C16H14FNO4/c17-11-5-2-1-4-10(11)13-7-8-14(22-13)15(19)18-9-3-6-12(18)16(20)21/h1-2,4-5,7-8,12H,3,6,9H2,(H,20,21)/t12-/m0/s1. The second-order valence-electron chi connectivity index (χ2n) is 5.14. The fraction of sp³-hybridized carbons (Fsp3) is 0.250. The van der Waals surface area contributed by atoms with E-state index >= 15 is 0 Å². The molecule has 3 rings (SSSR count). The number of carboxylic acids is 1. The molecule has 1 amide bonds. The molecule has 0 spiro atoms. The summed E-state index contributed by atoms with van der Waals surface area (Å²) in [5, 5.41) is 9.12.